The molecule has 30 heavy (non-hydrogen) atoms. The molecule has 5 heteroatoms. The highest BCUT2D eigenvalue weighted by Gasteiger charge is 2.21. The van der Waals surface area contributed by atoms with Crippen molar-refractivity contribution in [2.24, 2.45) is 0 Å². The van der Waals surface area contributed by atoms with Crippen LogP contribution in [-0.4, -0.2) is 9.97 Å². The summed E-state index contributed by atoms with van der Waals surface area (Å²) >= 11 is 5.47. The minimum absolute atomic E-state index is 0.0718. The highest BCUT2D eigenvalue weighted by Crippen LogP contribution is 2.44. The lowest BCUT2D eigenvalue weighted by Gasteiger charge is -2.21. The monoisotopic (exact) mass is 444 g/mol. The number of hydrogen-bond acceptors (Lipinski definition) is 5. The Morgan fingerprint density at radius 1 is 0.867 bits per heavy atom. The first-order valence-corrected chi connectivity index (χ1v) is 12.5. The Hall–Kier alpha value is -2.34. The van der Waals surface area contributed by atoms with Gasteiger partial charge in [0.2, 0.25) is 0 Å². The van der Waals surface area contributed by atoms with Crippen molar-refractivity contribution in [1.29, 1.82) is 0 Å². The van der Waals surface area contributed by atoms with Crippen LogP contribution in [0.5, 0.6) is 0 Å². The van der Waals surface area contributed by atoms with E-state index in [1.807, 2.05) is 22.7 Å². The molecular weight excluding hydrogens is 424 g/mol. The number of aryl methyl sites for hydroxylation is 1. The van der Waals surface area contributed by atoms with Gasteiger partial charge in [-0.1, -0.05) is 26.8 Å². The van der Waals surface area contributed by atoms with Crippen molar-refractivity contribution < 1.29 is 0 Å². The van der Waals surface area contributed by atoms with Gasteiger partial charge in [-0.15, -0.1) is 34.0 Å². The average Bonchev–Trinajstić information content (AvgIpc) is 3.40. The maximum atomic E-state index is 4.80. The molecule has 0 N–H and O–H groups in total. The van der Waals surface area contributed by atoms with Gasteiger partial charge in [0.25, 0.3) is 0 Å². The molecule has 0 atom stereocenters. The molecule has 0 fully saturated rings. The summed E-state index contributed by atoms with van der Waals surface area (Å²) < 4.78 is 4.04. The second kappa shape index (κ2) is 6.33. The van der Waals surface area contributed by atoms with E-state index in [1.165, 1.54) is 51.6 Å². The number of aromatic nitrogens is 2. The molecule has 0 unspecified atom stereocenters. The lowest BCUT2D eigenvalue weighted by molar-refractivity contribution is 0.597. The van der Waals surface area contributed by atoms with Gasteiger partial charge < -0.3 is 0 Å². The average molecular weight is 445 g/mol. The molecule has 2 nitrogen and oxygen atoms in total. The van der Waals surface area contributed by atoms with Gasteiger partial charge in [0, 0.05) is 40.7 Å². The Labute approximate surface area is 186 Å². The molecule has 0 aliphatic rings. The topological polar surface area (TPSA) is 25.8 Å². The van der Waals surface area contributed by atoms with Crippen LogP contribution in [0.4, 0.5) is 0 Å². The van der Waals surface area contributed by atoms with Crippen molar-refractivity contribution in [2.75, 3.05) is 0 Å². The highest BCUT2D eigenvalue weighted by molar-refractivity contribution is 7.27. The molecule has 4 aromatic heterocycles. The summed E-state index contributed by atoms with van der Waals surface area (Å²) in [6.07, 6.45) is 1.72. The van der Waals surface area contributed by atoms with Gasteiger partial charge in [-0.05, 0) is 59.0 Å². The molecule has 0 saturated heterocycles. The first-order valence-electron chi connectivity index (χ1n) is 9.98. The lowest BCUT2D eigenvalue weighted by atomic mass is 9.85. The molecular formula is C25H20N2S3. The van der Waals surface area contributed by atoms with Crippen molar-refractivity contribution >= 4 is 74.5 Å². The molecule has 0 aliphatic heterocycles. The molecule has 0 spiro atoms. The van der Waals surface area contributed by atoms with Crippen LogP contribution in [0, 0.1) is 6.92 Å². The Morgan fingerprint density at radius 2 is 1.73 bits per heavy atom. The van der Waals surface area contributed by atoms with Crippen LogP contribution < -0.4 is 0 Å². The number of rotatable bonds is 1. The van der Waals surface area contributed by atoms with Gasteiger partial charge in [0.15, 0.2) is 0 Å². The predicted octanol–water partition coefficient (Wildman–Crippen LogP) is 8.55. The fourth-order valence-electron chi connectivity index (χ4n) is 4.30. The third-order valence-electron chi connectivity index (χ3n) is 5.69. The number of thiophene rings is 3. The first-order chi connectivity index (χ1) is 14.4. The van der Waals surface area contributed by atoms with E-state index in [1.54, 1.807) is 17.7 Å². The smallest absolute Gasteiger partial charge is 0.128 e. The largest absolute Gasteiger partial charge is 0.236 e. The number of fused-ring (bicyclic) bond motifs is 6. The molecule has 6 aromatic rings. The zero-order valence-electron chi connectivity index (χ0n) is 17.2. The van der Waals surface area contributed by atoms with Gasteiger partial charge in [0.05, 0.1) is 5.69 Å². The molecule has 0 saturated carbocycles. The van der Waals surface area contributed by atoms with E-state index >= 15 is 0 Å². The fourth-order valence-corrected chi connectivity index (χ4v) is 7.56. The minimum atomic E-state index is 0.0718. The zero-order valence-corrected chi connectivity index (χ0v) is 19.7. The first kappa shape index (κ1) is 18.4. The van der Waals surface area contributed by atoms with Gasteiger partial charge in [-0.2, -0.15) is 0 Å². The third-order valence-corrected chi connectivity index (χ3v) is 8.81. The second-order valence-corrected chi connectivity index (χ2v) is 12.0. The number of benzene rings is 2. The molecule has 0 bridgehead atoms. The predicted molar refractivity (Wildman–Crippen MR) is 135 cm³/mol. The van der Waals surface area contributed by atoms with Crippen LogP contribution in [0.2, 0.25) is 0 Å². The van der Waals surface area contributed by atoms with Crippen LogP contribution in [-0.2, 0) is 5.41 Å². The summed E-state index contributed by atoms with van der Waals surface area (Å²) in [4.78, 5) is 11.9. The van der Waals surface area contributed by atoms with Crippen LogP contribution in [0.15, 0.2) is 48.1 Å². The van der Waals surface area contributed by atoms with Crippen LogP contribution >= 0.6 is 34.0 Å². The summed E-state index contributed by atoms with van der Waals surface area (Å²) in [6, 6.07) is 13.7. The standard InChI is InChI=1S/C25H20N2S3/c1-13-9-17-19(29-13)6-5-16-20-21(26-12-27-24(20)30-23(16)17)15-10-14-7-8-28-22(14)18(11-15)25(2,3)4/h5-12H,1-4H3. The molecule has 0 radical (unpaired) electrons. The SMILES string of the molecule is Cc1cc2c(ccc3c2sc2ncnc(-c4cc(C(C)(C)C)c5sccc5c4)c23)s1. The van der Waals surface area contributed by atoms with Crippen LogP contribution in [0.1, 0.15) is 31.2 Å². The molecule has 0 amide bonds. The van der Waals surface area contributed by atoms with Crippen molar-refractivity contribution in [3.63, 3.8) is 0 Å². The molecule has 2 aromatic carbocycles. The third kappa shape index (κ3) is 2.66. The van der Waals surface area contributed by atoms with Gasteiger partial charge in [-0.3, -0.25) is 0 Å². The Bertz CT molecular complexity index is 1590. The molecule has 4 heterocycles. The van der Waals surface area contributed by atoms with E-state index in [0.717, 1.165) is 10.5 Å². The number of nitrogens with zero attached hydrogens (tertiary/aromatic N) is 2. The molecule has 6 rings (SSSR count). The quantitative estimate of drug-likeness (QED) is 0.254. The Balaban J connectivity index is 1.72. The molecule has 148 valence electrons. The summed E-state index contributed by atoms with van der Waals surface area (Å²) in [5.41, 5.74) is 3.67. The van der Waals surface area contributed by atoms with E-state index in [2.05, 4.69) is 74.5 Å². The van der Waals surface area contributed by atoms with Crippen LogP contribution in [0.3, 0.4) is 0 Å². The Kier molecular flexibility index (Phi) is 3.89. The van der Waals surface area contributed by atoms with E-state index in [4.69, 9.17) is 4.98 Å². The van der Waals surface area contributed by atoms with Gasteiger partial charge in [-0.25, -0.2) is 9.97 Å². The van der Waals surface area contributed by atoms with Gasteiger partial charge >= 0.3 is 0 Å². The van der Waals surface area contributed by atoms with Crippen molar-refractivity contribution in [2.45, 2.75) is 33.1 Å². The van der Waals surface area contributed by atoms with E-state index < -0.39 is 0 Å². The van der Waals surface area contributed by atoms with Gasteiger partial charge in [0.1, 0.15) is 11.2 Å². The minimum Gasteiger partial charge on any atom is -0.236 e. The maximum Gasteiger partial charge on any atom is 0.128 e. The second-order valence-electron chi connectivity index (χ2n) is 8.83. The van der Waals surface area contributed by atoms with E-state index in [9.17, 15) is 0 Å². The fraction of sp³-hybridized carbons (Fsp3) is 0.200. The zero-order chi connectivity index (χ0) is 20.6. The van der Waals surface area contributed by atoms with E-state index in [-0.39, 0.29) is 5.41 Å². The molecule has 0 aliphatic carbocycles. The summed E-state index contributed by atoms with van der Waals surface area (Å²) in [5, 5.41) is 7.27. The number of hydrogen-bond donors (Lipinski definition) is 0. The Morgan fingerprint density at radius 3 is 2.57 bits per heavy atom. The summed E-state index contributed by atoms with van der Waals surface area (Å²) in [6.45, 7) is 9.04. The lowest BCUT2D eigenvalue weighted by Crippen LogP contribution is -2.11. The van der Waals surface area contributed by atoms with Crippen molar-refractivity contribution in [3.05, 3.63) is 58.5 Å². The highest BCUT2D eigenvalue weighted by atomic mass is 32.1. The summed E-state index contributed by atoms with van der Waals surface area (Å²) in [5.74, 6) is 0. The van der Waals surface area contributed by atoms with E-state index in [0.29, 0.717) is 0 Å². The normalized spacial score (nSPS) is 12.7. The summed E-state index contributed by atoms with van der Waals surface area (Å²) in [7, 11) is 0. The maximum absolute atomic E-state index is 4.80. The van der Waals surface area contributed by atoms with Crippen molar-refractivity contribution in [3.8, 4) is 11.3 Å². The van der Waals surface area contributed by atoms with Crippen molar-refractivity contribution in [1.82, 2.24) is 9.97 Å². The van der Waals surface area contributed by atoms with Crippen LogP contribution in [0.25, 0.3) is 51.7 Å².